The first-order valence-corrected chi connectivity index (χ1v) is 15.6. The lowest BCUT2D eigenvalue weighted by Gasteiger charge is -2.32. The first kappa shape index (κ1) is 27.3. The first-order chi connectivity index (χ1) is 21.8. The number of anilines is 2. The van der Waals surface area contributed by atoms with Crippen molar-refractivity contribution in [3.8, 4) is 5.75 Å². The molecule has 9 heteroatoms. The molecule has 0 bridgehead atoms. The van der Waals surface area contributed by atoms with Gasteiger partial charge in [-0.2, -0.15) is 0 Å². The van der Waals surface area contributed by atoms with Crippen molar-refractivity contribution >= 4 is 55.2 Å². The van der Waals surface area contributed by atoms with Crippen LogP contribution in [0.25, 0.3) is 21.2 Å². The second-order valence-corrected chi connectivity index (χ2v) is 12.4. The molecule has 6 aromatic rings. The van der Waals surface area contributed by atoms with Gasteiger partial charge in [0, 0.05) is 5.56 Å². The summed E-state index contributed by atoms with van der Waals surface area (Å²) in [7, 11) is 0. The molecule has 1 spiro atoms. The Balaban J connectivity index is 1.43. The molecule has 222 valence electrons. The van der Waals surface area contributed by atoms with Crippen LogP contribution in [0.2, 0.25) is 0 Å². The van der Waals surface area contributed by atoms with E-state index in [2.05, 4.69) is 0 Å². The number of nitrogens with zero attached hydrogens (tertiary/aromatic N) is 3. The predicted octanol–water partition coefficient (Wildman–Crippen LogP) is 6.87. The zero-order valence-corrected chi connectivity index (χ0v) is 25.6. The van der Waals surface area contributed by atoms with Crippen LogP contribution in [0, 0.1) is 13.8 Å². The molecular formula is C36H27N3O5S. The average molecular weight is 614 g/mol. The Morgan fingerprint density at radius 3 is 2.56 bits per heavy atom. The molecule has 0 radical (unpaired) electrons. The number of carbonyl (C=O) groups excluding carboxylic acids is 2. The Morgan fingerprint density at radius 2 is 1.73 bits per heavy atom. The fraction of sp³-hybridized carbons (Fsp3) is 0.167. The van der Waals surface area contributed by atoms with Gasteiger partial charge in [0.2, 0.25) is 5.76 Å². The number of aryl methyl sites for hydroxylation is 2. The molecule has 0 saturated heterocycles. The molecule has 2 aliphatic rings. The van der Waals surface area contributed by atoms with E-state index < -0.39 is 22.8 Å². The van der Waals surface area contributed by atoms with E-state index >= 15 is 4.79 Å². The van der Waals surface area contributed by atoms with Crippen molar-refractivity contribution < 1.29 is 18.7 Å². The quantitative estimate of drug-likeness (QED) is 0.211. The average Bonchev–Trinajstić information content (AvgIpc) is 3.64. The van der Waals surface area contributed by atoms with Gasteiger partial charge in [0.25, 0.3) is 11.8 Å². The lowest BCUT2D eigenvalue weighted by molar-refractivity contribution is -0.121. The van der Waals surface area contributed by atoms with Gasteiger partial charge in [-0.05, 0) is 68.3 Å². The minimum absolute atomic E-state index is 0.0181. The van der Waals surface area contributed by atoms with Crippen molar-refractivity contribution in [2.75, 3.05) is 16.4 Å². The van der Waals surface area contributed by atoms with Crippen LogP contribution < -0.4 is 20.0 Å². The lowest BCUT2D eigenvalue weighted by Crippen LogP contribution is -2.53. The smallest absolute Gasteiger partial charge is 0.297 e. The summed E-state index contributed by atoms with van der Waals surface area (Å²) >= 11 is 1.27. The van der Waals surface area contributed by atoms with Gasteiger partial charge in [-0.1, -0.05) is 65.4 Å². The van der Waals surface area contributed by atoms with Crippen molar-refractivity contribution in [1.82, 2.24) is 4.98 Å². The summed E-state index contributed by atoms with van der Waals surface area (Å²) in [4.78, 5) is 52.3. The fourth-order valence-electron chi connectivity index (χ4n) is 6.64. The zero-order chi connectivity index (χ0) is 31.0. The molecule has 4 heterocycles. The van der Waals surface area contributed by atoms with Crippen molar-refractivity contribution in [2.24, 2.45) is 0 Å². The predicted molar refractivity (Wildman–Crippen MR) is 174 cm³/mol. The molecule has 8 nitrogen and oxygen atoms in total. The van der Waals surface area contributed by atoms with Crippen LogP contribution in [0.4, 0.5) is 10.8 Å². The van der Waals surface area contributed by atoms with Gasteiger partial charge >= 0.3 is 0 Å². The third-order valence-corrected chi connectivity index (χ3v) is 9.72. The van der Waals surface area contributed by atoms with Gasteiger partial charge in [0.1, 0.15) is 11.3 Å². The van der Waals surface area contributed by atoms with Crippen LogP contribution in [0.3, 0.4) is 0 Å². The maximum atomic E-state index is 15.2. The van der Waals surface area contributed by atoms with Crippen LogP contribution in [0.1, 0.15) is 45.3 Å². The summed E-state index contributed by atoms with van der Waals surface area (Å²) in [5.74, 6) is -0.468. The van der Waals surface area contributed by atoms with Crippen molar-refractivity contribution in [2.45, 2.75) is 32.9 Å². The van der Waals surface area contributed by atoms with Crippen LogP contribution in [-0.2, 0) is 16.9 Å². The fourth-order valence-corrected chi connectivity index (χ4v) is 7.68. The van der Waals surface area contributed by atoms with Crippen LogP contribution >= 0.6 is 11.3 Å². The van der Waals surface area contributed by atoms with Crippen LogP contribution in [-0.4, -0.2) is 23.4 Å². The van der Waals surface area contributed by atoms with Crippen LogP contribution in [0.15, 0.2) is 94.1 Å². The number of ether oxygens (including phenoxy) is 1. The third-order valence-electron chi connectivity index (χ3n) is 8.72. The minimum Gasteiger partial charge on any atom is -0.494 e. The van der Waals surface area contributed by atoms with E-state index in [1.165, 1.54) is 16.2 Å². The number of aromatic nitrogens is 1. The number of carbonyl (C=O) groups is 2. The number of para-hydroxylation sites is 1. The molecule has 1 atom stereocenters. The maximum absolute atomic E-state index is 15.2. The number of hydrogen-bond donors (Lipinski definition) is 0. The van der Waals surface area contributed by atoms with Gasteiger partial charge in [0.15, 0.2) is 16.1 Å². The molecule has 0 aliphatic carbocycles. The Labute approximate surface area is 262 Å². The minimum atomic E-state index is -1.82. The van der Waals surface area contributed by atoms with Crippen molar-refractivity contribution in [3.63, 3.8) is 0 Å². The van der Waals surface area contributed by atoms with Crippen LogP contribution in [0.5, 0.6) is 5.75 Å². The molecule has 2 aliphatic heterocycles. The topological polar surface area (TPSA) is 93.0 Å². The van der Waals surface area contributed by atoms with Gasteiger partial charge in [0.05, 0.1) is 40.0 Å². The molecule has 8 rings (SSSR count). The second kappa shape index (κ2) is 9.87. The summed E-state index contributed by atoms with van der Waals surface area (Å²) in [5.41, 5.74) is 2.73. The van der Waals surface area contributed by atoms with E-state index in [1.54, 1.807) is 17.0 Å². The highest BCUT2D eigenvalue weighted by Crippen LogP contribution is 2.55. The summed E-state index contributed by atoms with van der Waals surface area (Å²) in [6.45, 7) is 6.56. The maximum Gasteiger partial charge on any atom is 0.297 e. The standard InChI is InChI=1S/C36H27N3O5S/c1-4-43-23-14-15-26-29(18-23)45-35(37-26)39-33(41)32-30(31(40)24-17-20(2)13-16-28(24)44-32)36(39)25-11-7-8-12-27(25)38(34(36)42)19-22-10-6-5-9-21(22)3/h5-18H,4,19H2,1-3H3. The highest BCUT2D eigenvalue weighted by Gasteiger charge is 2.66. The van der Waals surface area contributed by atoms with E-state index in [4.69, 9.17) is 14.1 Å². The Kier molecular flexibility index (Phi) is 5.98. The van der Waals surface area contributed by atoms with Gasteiger partial charge in [-0.25, -0.2) is 4.98 Å². The number of amides is 2. The summed E-state index contributed by atoms with van der Waals surface area (Å²) in [5, 5.41) is 0.603. The van der Waals surface area contributed by atoms with E-state index in [1.807, 2.05) is 93.6 Å². The molecular weight excluding hydrogens is 586 g/mol. The number of rotatable bonds is 5. The Hall–Kier alpha value is -5.28. The Morgan fingerprint density at radius 1 is 0.933 bits per heavy atom. The van der Waals surface area contributed by atoms with E-state index in [0.717, 1.165) is 21.4 Å². The number of thiazole rings is 1. The van der Waals surface area contributed by atoms with E-state index in [-0.39, 0.29) is 28.6 Å². The molecule has 2 amide bonds. The van der Waals surface area contributed by atoms with Crippen molar-refractivity contribution in [3.05, 3.63) is 129 Å². The normalized spacial score (nSPS) is 17.1. The number of fused-ring (bicyclic) bond motifs is 6. The molecule has 4 aromatic carbocycles. The highest BCUT2D eigenvalue weighted by atomic mass is 32.1. The second-order valence-electron chi connectivity index (χ2n) is 11.4. The SMILES string of the molecule is CCOc1ccc2nc(N3C(=O)c4oc5ccc(C)cc5c(=O)c4C34C(=O)N(Cc3ccccc3C)c3ccccc34)sc2c1. The van der Waals surface area contributed by atoms with E-state index in [0.29, 0.717) is 34.5 Å². The number of benzene rings is 4. The molecule has 1 unspecified atom stereocenters. The molecule has 0 saturated carbocycles. The molecule has 0 fully saturated rings. The molecule has 0 N–H and O–H groups in total. The Bertz CT molecular complexity index is 2290. The lowest BCUT2D eigenvalue weighted by atomic mass is 9.84. The highest BCUT2D eigenvalue weighted by molar-refractivity contribution is 7.22. The van der Waals surface area contributed by atoms with Crippen molar-refractivity contribution in [1.29, 1.82) is 0 Å². The summed E-state index contributed by atoms with van der Waals surface area (Å²) < 4.78 is 12.7. The summed E-state index contributed by atoms with van der Waals surface area (Å²) in [6, 6.07) is 26.0. The number of hydrogen-bond acceptors (Lipinski definition) is 7. The van der Waals surface area contributed by atoms with Gasteiger partial charge < -0.3 is 14.1 Å². The summed E-state index contributed by atoms with van der Waals surface area (Å²) in [6.07, 6.45) is 0. The van der Waals surface area contributed by atoms with Gasteiger partial charge in [-0.15, -0.1) is 0 Å². The van der Waals surface area contributed by atoms with Gasteiger partial charge in [-0.3, -0.25) is 19.3 Å². The molecule has 45 heavy (non-hydrogen) atoms. The zero-order valence-electron chi connectivity index (χ0n) is 24.8. The third kappa shape index (κ3) is 3.77. The largest absolute Gasteiger partial charge is 0.494 e. The van der Waals surface area contributed by atoms with E-state index in [9.17, 15) is 9.59 Å². The monoisotopic (exact) mass is 613 g/mol. The molecule has 2 aromatic heterocycles. The first-order valence-electron chi connectivity index (χ1n) is 14.7.